The Labute approximate surface area is 155 Å². The van der Waals surface area contributed by atoms with Gasteiger partial charge < -0.3 is 23.4 Å². The van der Waals surface area contributed by atoms with E-state index in [1.807, 2.05) is 0 Å². The van der Waals surface area contributed by atoms with Crippen LogP contribution in [0.3, 0.4) is 0 Å². The van der Waals surface area contributed by atoms with E-state index >= 15 is 0 Å². The van der Waals surface area contributed by atoms with Crippen molar-refractivity contribution in [2.45, 2.75) is 64.5 Å². The van der Waals surface area contributed by atoms with Crippen molar-refractivity contribution in [1.29, 1.82) is 0 Å². The molecule has 0 aliphatic carbocycles. The van der Waals surface area contributed by atoms with Crippen molar-refractivity contribution in [3.63, 3.8) is 0 Å². The lowest BCUT2D eigenvalue weighted by molar-refractivity contribution is -0.191. The number of ether oxygens (including phenoxy) is 3. The monoisotopic (exact) mass is 390 g/mol. The van der Waals surface area contributed by atoms with Gasteiger partial charge in [-0.05, 0) is 40.4 Å². The van der Waals surface area contributed by atoms with Crippen LogP contribution in [0.5, 0.6) is 0 Å². The number of carbonyl (C=O) groups excluding carboxylic acids is 4. The number of methoxy groups -OCH3 is 2. The molecule has 0 amide bonds. The Kier molecular flexibility index (Phi) is 8.65. The molecule has 150 valence electrons. The van der Waals surface area contributed by atoms with Crippen molar-refractivity contribution in [3.8, 4) is 0 Å². The summed E-state index contributed by atoms with van der Waals surface area (Å²) in [5.41, 5.74) is -2.91. The highest BCUT2D eigenvalue weighted by Gasteiger charge is 2.56. The first-order chi connectivity index (χ1) is 11.7. The molecule has 0 rings (SSSR count). The smallest absolute Gasteiger partial charge is 0.339 e. The molecule has 8 nitrogen and oxygen atoms in total. The zero-order chi connectivity index (χ0) is 20.8. The number of hydrogen-bond donors (Lipinski definition) is 0. The van der Waals surface area contributed by atoms with Crippen molar-refractivity contribution in [2.75, 3.05) is 14.2 Å². The quantitative estimate of drug-likeness (QED) is 0.254. The predicted molar refractivity (Wildman–Crippen MR) is 95.8 cm³/mol. The van der Waals surface area contributed by atoms with E-state index < -0.39 is 49.8 Å². The van der Waals surface area contributed by atoms with E-state index in [-0.39, 0.29) is 6.42 Å². The van der Waals surface area contributed by atoms with Gasteiger partial charge in [-0.1, -0.05) is 0 Å². The first-order valence-corrected chi connectivity index (χ1v) is 11.6. The van der Waals surface area contributed by atoms with Crippen LogP contribution in [0.1, 0.15) is 33.6 Å². The molecule has 9 heteroatoms. The summed E-state index contributed by atoms with van der Waals surface area (Å²) in [5, 5.41) is 0. The number of rotatable bonds is 9. The van der Waals surface area contributed by atoms with Crippen LogP contribution in [-0.4, -0.2) is 57.9 Å². The highest BCUT2D eigenvalue weighted by molar-refractivity contribution is 6.70. The summed E-state index contributed by atoms with van der Waals surface area (Å²) >= 11 is 0. The van der Waals surface area contributed by atoms with Crippen LogP contribution in [0.2, 0.25) is 19.6 Å². The fraction of sp³-hybridized carbons (Fsp3) is 0.765. The molecule has 2 atom stereocenters. The van der Waals surface area contributed by atoms with Crippen molar-refractivity contribution in [3.05, 3.63) is 0 Å². The van der Waals surface area contributed by atoms with Gasteiger partial charge in [-0.25, -0.2) is 4.79 Å². The molecule has 0 radical (unpaired) electrons. The summed E-state index contributed by atoms with van der Waals surface area (Å²) in [6.07, 6.45) is -0.463. The Hall–Kier alpha value is -1.74. The molecule has 26 heavy (non-hydrogen) atoms. The summed E-state index contributed by atoms with van der Waals surface area (Å²) in [6, 6.07) is 0. The number of aldehydes is 1. The highest BCUT2D eigenvalue weighted by atomic mass is 28.4. The van der Waals surface area contributed by atoms with Crippen LogP contribution in [0.15, 0.2) is 0 Å². The predicted octanol–water partition coefficient (Wildman–Crippen LogP) is 1.86. The molecule has 0 saturated carbocycles. The number of esters is 3. The van der Waals surface area contributed by atoms with Gasteiger partial charge in [0.05, 0.1) is 20.6 Å². The van der Waals surface area contributed by atoms with Gasteiger partial charge in [0.2, 0.25) is 0 Å². The lowest BCUT2D eigenvalue weighted by Crippen LogP contribution is -2.59. The van der Waals surface area contributed by atoms with Crippen LogP contribution in [0.4, 0.5) is 0 Å². The van der Waals surface area contributed by atoms with Crippen LogP contribution in [0.25, 0.3) is 0 Å². The molecule has 0 aliphatic heterocycles. The summed E-state index contributed by atoms with van der Waals surface area (Å²) in [5.74, 6) is -3.86. The van der Waals surface area contributed by atoms with Gasteiger partial charge in [0.25, 0.3) is 0 Å². The van der Waals surface area contributed by atoms with E-state index in [1.165, 1.54) is 0 Å². The third-order valence-corrected chi connectivity index (χ3v) is 4.22. The second-order valence-corrected chi connectivity index (χ2v) is 12.3. The fourth-order valence-electron chi connectivity index (χ4n) is 2.40. The molecular weight excluding hydrogens is 360 g/mol. The Morgan fingerprint density at radius 1 is 1.04 bits per heavy atom. The van der Waals surface area contributed by atoms with Crippen LogP contribution in [0, 0.1) is 5.92 Å². The first kappa shape index (κ1) is 24.3. The van der Waals surface area contributed by atoms with Gasteiger partial charge in [0, 0.05) is 6.42 Å². The van der Waals surface area contributed by atoms with E-state index in [4.69, 9.17) is 18.6 Å². The molecule has 0 unspecified atom stereocenters. The van der Waals surface area contributed by atoms with Gasteiger partial charge in [-0.2, -0.15) is 0 Å². The molecule has 0 fully saturated rings. The molecule has 0 saturated heterocycles. The normalized spacial score (nSPS) is 15.4. The lowest BCUT2D eigenvalue weighted by atomic mass is 9.82. The molecule has 0 N–H and O–H groups in total. The van der Waals surface area contributed by atoms with E-state index in [1.54, 1.807) is 40.4 Å². The summed E-state index contributed by atoms with van der Waals surface area (Å²) in [7, 11) is -0.205. The third-order valence-electron chi connectivity index (χ3n) is 3.25. The maximum atomic E-state index is 13.1. The molecule has 0 bridgehead atoms. The second kappa shape index (κ2) is 9.27. The molecule has 0 heterocycles. The van der Waals surface area contributed by atoms with Gasteiger partial charge in [0.1, 0.15) is 17.8 Å². The van der Waals surface area contributed by atoms with Crippen LogP contribution < -0.4 is 0 Å². The minimum absolute atomic E-state index is 0.368. The second-order valence-electron chi connectivity index (χ2n) is 7.84. The molecule has 0 aromatic carbocycles. The molecule has 0 aliphatic rings. The Bertz CT molecular complexity index is 532. The number of carbonyl (C=O) groups is 4. The van der Waals surface area contributed by atoms with E-state index in [9.17, 15) is 19.2 Å². The third kappa shape index (κ3) is 7.25. The first-order valence-electron chi connectivity index (χ1n) is 8.24. The standard InChI is InChI=1S/C17H30O8Si/c1-16(2,3)24-15(21)17(11-13(19)22-4,25-26(6,7)8)12(9-10-18)14(20)23-5/h10,12H,9,11H2,1-8H3/t12-,17+/m0/s1. The molecule has 0 spiro atoms. The zero-order valence-electron chi connectivity index (χ0n) is 16.8. The van der Waals surface area contributed by atoms with Crippen LogP contribution >= 0.6 is 0 Å². The fourth-order valence-corrected chi connectivity index (χ4v) is 3.79. The SMILES string of the molecule is COC(=O)C[C@](O[Si](C)(C)C)(C(=O)OC(C)(C)C)[C@@H](CC=O)C(=O)OC. The van der Waals surface area contributed by atoms with Gasteiger partial charge in [-0.15, -0.1) is 0 Å². The molecule has 0 aromatic heterocycles. The van der Waals surface area contributed by atoms with Crippen LogP contribution in [-0.2, 0) is 37.8 Å². The van der Waals surface area contributed by atoms with Gasteiger partial charge in [-0.3, -0.25) is 9.59 Å². The Morgan fingerprint density at radius 2 is 1.58 bits per heavy atom. The topological polar surface area (TPSA) is 105 Å². The highest BCUT2D eigenvalue weighted by Crippen LogP contribution is 2.36. The average Bonchev–Trinajstić information content (AvgIpc) is 2.47. The summed E-state index contributed by atoms with van der Waals surface area (Å²) in [6.45, 7) is 10.3. The summed E-state index contributed by atoms with van der Waals surface area (Å²) in [4.78, 5) is 48.7. The summed E-state index contributed by atoms with van der Waals surface area (Å²) < 4.78 is 20.9. The number of hydrogen-bond acceptors (Lipinski definition) is 8. The molecule has 0 aromatic rings. The lowest BCUT2D eigenvalue weighted by Gasteiger charge is -2.41. The van der Waals surface area contributed by atoms with Crippen molar-refractivity contribution in [1.82, 2.24) is 0 Å². The maximum absolute atomic E-state index is 13.1. The van der Waals surface area contributed by atoms with E-state index in [2.05, 4.69) is 0 Å². The van der Waals surface area contributed by atoms with E-state index in [0.29, 0.717) is 6.29 Å². The van der Waals surface area contributed by atoms with E-state index in [0.717, 1.165) is 14.2 Å². The molecular formula is C17H30O8Si. The van der Waals surface area contributed by atoms with Crippen molar-refractivity contribution >= 4 is 32.5 Å². The maximum Gasteiger partial charge on any atom is 0.339 e. The van der Waals surface area contributed by atoms with Crippen molar-refractivity contribution in [2.24, 2.45) is 5.92 Å². The van der Waals surface area contributed by atoms with Crippen molar-refractivity contribution < 1.29 is 37.8 Å². The minimum atomic E-state index is -2.49. The Balaban J connectivity index is 6.48. The minimum Gasteiger partial charge on any atom is -0.469 e. The van der Waals surface area contributed by atoms with Gasteiger partial charge in [0.15, 0.2) is 13.9 Å². The zero-order valence-corrected chi connectivity index (χ0v) is 17.8. The largest absolute Gasteiger partial charge is 0.469 e. The van der Waals surface area contributed by atoms with Gasteiger partial charge >= 0.3 is 17.9 Å². The Morgan fingerprint density at radius 3 is 1.92 bits per heavy atom. The average molecular weight is 391 g/mol.